The van der Waals surface area contributed by atoms with E-state index in [1.807, 2.05) is 0 Å². The third kappa shape index (κ3) is 2.70. The highest BCUT2D eigenvalue weighted by Gasteiger charge is 2.48. The van der Waals surface area contributed by atoms with Crippen LogP contribution in [0.2, 0.25) is 0 Å². The summed E-state index contributed by atoms with van der Waals surface area (Å²) in [6.45, 7) is 0. The monoisotopic (exact) mass is 262 g/mol. The molecule has 2 atom stereocenters. The first-order chi connectivity index (χ1) is 8.00. The number of thiophene rings is 1. The predicted octanol–water partition coefficient (Wildman–Crippen LogP) is 4.30. The van der Waals surface area contributed by atoms with Gasteiger partial charge in [0.1, 0.15) is 0 Å². The molecule has 1 heterocycles. The Morgan fingerprint density at radius 2 is 2.00 bits per heavy atom. The molecule has 0 aliphatic heterocycles. The zero-order valence-corrected chi connectivity index (χ0v) is 9.98. The molecule has 0 radical (unpaired) electrons. The van der Waals surface area contributed by atoms with Crippen molar-refractivity contribution < 1.29 is 18.0 Å². The van der Waals surface area contributed by atoms with Crippen molar-refractivity contribution in [3.05, 3.63) is 22.4 Å². The highest BCUT2D eigenvalue weighted by molar-refractivity contribution is 7.12. The Morgan fingerprint density at radius 1 is 1.29 bits per heavy atom. The molecule has 2 unspecified atom stereocenters. The number of carbonyl (C=O) groups excluding carboxylic acids is 1. The molecule has 17 heavy (non-hydrogen) atoms. The van der Waals surface area contributed by atoms with Gasteiger partial charge < -0.3 is 0 Å². The molecule has 1 fully saturated rings. The van der Waals surface area contributed by atoms with Crippen molar-refractivity contribution in [1.82, 2.24) is 0 Å². The molecule has 2 rings (SSSR count). The van der Waals surface area contributed by atoms with E-state index in [4.69, 9.17) is 0 Å². The van der Waals surface area contributed by atoms with Crippen molar-refractivity contribution in [2.75, 3.05) is 0 Å². The second-order valence-electron chi connectivity index (χ2n) is 4.38. The van der Waals surface area contributed by atoms with Gasteiger partial charge in [-0.2, -0.15) is 13.2 Å². The van der Waals surface area contributed by atoms with Crippen LogP contribution in [0.1, 0.15) is 35.4 Å². The molecule has 94 valence electrons. The number of hydrogen-bond donors (Lipinski definition) is 0. The maximum Gasteiger partial charge on any atom is 0.392 e. The summed E-state index contributed by atoms with van der Waals surface area (Å²) in [4.78, 5) is 12.5. The average molecular weight is 262 g/mol. The van der Waals surface area contributed by atoms with Gasteiger partial charge in [0, 0.05) is 5.92 Å². The topological polar surface area (TPSA) is 17.1 Å². The van der Waals surface area contributed by atoms with Crippen LogP contribution in [0.4, 0.5) is 13.2 Å². The number of alkyl halides is 3. The Hall–Kier alpha value is -0.840. The molecule has 1 aliphatic carbocycles. The molecule has 1 aliphatic rings. The van der Waals surface area contributed by atoms with Crippen LogP contribution in [-0.2, 0) is 0 Å². The molecule has 1 saturated carbocycles. The highest BCUT2D eigenvalue weighted by Crippen LogP contribution is 2.43. The summed E-state index contributed by atoms with van der Waals surface area (Å²) in [5.74, 6) is -2.66. The second-order valence-corrected chi connectivity index (χ2v) is 5.33. The van der Waals surface area contributed by atoms with Crippen molar-refractivity contribution >= 4 is 17.1 Å². The zero-order valence-electron chi connectivity index (χ0n) is 9.17. The van der Waals surface area contributed by atoms with Crippen LogP contribution in [0, 0.1) is 11.8 Å². The van der Waals surface area contributed by atoms with Gasteiger partial charge >= 0.3 is 6.18 Å². The summed E-state index contributed by atoms with van der Waals surface area (Å²) in [5, 5.41) is 1.72. The smallest absolute Gasteiger partial charge is 0.293 e. The minimum absolute atomic E-state index is 0.0886. The molecule has 0 aromatic carbocycles. The lowest BCUT2D eigenvalue weighted by Crippen LogP contribution is -2.37. The number of ketones is 1. The minimum atomic E-state index is -4.25. The van der Waals surface area contributed by atoms with E-state index in [0.29, 0.717) is 24.1 Å². The lowest BCUT2D eigenvalue weighted by Gasteiger charge is -2.31. The number of carbonyl (C=O) groups is 1. The third-order valence-electron chi connectivity index (χ3n) is 3.29. The van der Waals surface area contributed by atoms with Crippen LogP contribution in [0.5, 0.6) is 0 Å². The van der Waals surface area contributed by atoms with Gasteiger partial charge in [-0.3, -0.25) is 4.79 Å². The highest BCUT2D eigenvalue weighted by atomic mass is 32.1. The first-order valence-electron chi connectivity index (χ1n) is 5.64. The van der Waals surface area contributed by atoms with Crippen LogP contribution in [-0.4, -0.2) is 12.0 Å². The van der Waals surface area contributed by atoms with E-state index in [2.05, 4.69) is 0 Å². The van der Waals surface area contributed by atoms with Crippen LogP contribution < -0.4 is 0 Å². The van der Waals surface area contributed by atoms with E-state index in [1.165, 1.54) is 11.3 Å². The first-order valence-corrected chi connectivity index (χ1v) is 6.52. The van der Waals surface area contributed by atoms with Gasteiger partial charge in [-0.25, -0.2) is 0 Å². The van der Waals surface area contributed by atoms with Gasteiger partial charge in [-0.05, 0) is 24.3 Å². The van der Waals surface area contributed by atoms with Crippen LogP contribution in [0.15, 0.2) is 17.5 Å². The van der Waals surface area contributed by atoms with E-state index in [9.17, 15) is 18.0 Å². The number of rotatable bonds is 2. The van der Waals surface area contributed by atoms with E-state index in [-0.39, 0.29) is 12.2 Å². The molecule has 1 aromatic rings. The summed E-state index contributed by atoms with van der Waals surface area (Å²) in [6.07, 6.45) is -2.52. The van der Waals surface area contributed by atoms with Crippen molar-refractivity contribution in [3.8, 4) is 0 Å². The largest absolute Gasteiger partial charge is 0.392 e. The lowest BCUT2D eigenvalue weighted by atomic mass is 9.76. The lowest BCUT2D eigenvalue weighted by molar-refractivity contribution is -0.190. The van der Waals surface area contributed by atoms with Gasteiger partial charge in [-0.15, -0.1) is 11.3 Å². The molecule has 1 aromatic heterocycles. The number of hydrogen-bond acceptors (Lipinski definition) is 2. The fraction of sp³-hybridized carbons (Fsp3) is 0.583. The maximum absolute atomic E-state index is 12.8. The molecule has 0 bridgehead atoms. The fourth-order valence-electron chi connectivity index (χ4n) is 2.44. The maximum atomic E-state index is 12.8. The molecule has 0 saturated heterocycles. The fourth-order valence-corrected chi connectivity index (χ4v) is 3.17. The third-order valence-corrected chi connectivity index (χ3v) is 4.17. The van der Waals surface area contributed by atoms with Gasteiger partial charge in [0.2, 0.25) is 0 Å². The van der Waals surface area contributed by atoms with E-state index in [1.54, 1.807) is 17.5 Å². The van der Waals surface area contributed by atoms with Crippen LogP contribution in [0.3, 0.4) is 0 Å². The zero-order chi connectivity index (χ0) is 12.5. The number of halogens is 3. The molecule has 0 spiro atoms. The van der Waals surface area contributed by atoms with E-state index >= 15 is 0 Å². The average Bonchev–Trinajstić information content (AvgIpc) is 2.80. The Morgan fingerprint density at radius 3 is 2.59 bits per heavy atom. The Bertz CT molecular complexity index is 383. The van der Waals surface area contributed by atoms with Gasteiger partial charge in [0.15, 0.2) is 5.78 Å². The molecule has 0 N–H and O–H groups in total. The minimum Gasteiger partial charge on any atom is -0.293 e. The summed E-state index contributed by atoms with van der Waals surface area (Å²) < 4.78 is 38.5. The number of Topliss-reactive ketones (excluding diaryl/α,β-unsaturated/α-hetero) is 1. The van der Waals surface area contributed by atoms with Crippen LogP contribution >= 0.6 is 11.3 Å². The van der Waals surface area contributed by atoms with E-state index in [0.717, 1.165) is 0 Å². The second kappa shape index (κ2) is 4.80. The standard InChI is InChI=1S/C12H13F3OS/c13-12(14,15)9-5-2-1-4-8(9)11(16)10-6-3-7-17-10/h3,6-9H,1-2,4-5H2. The molecule has 1 nitrogen and oxygen atoms in total. The Kier molecular flexibility index (Phi) is 3.56. The molecule has 0 amide bonds. The first kappa shape index (κ1) is 12.6. The summed E-state index contributed by atoms with van der Waals surface area (Å²) >= 11 is 1.22. The molecular formula is C12H13F3OS. The molecule has 5 heteroatoms. The van der Waals surface area contributed by atoms with Crippen molar-refractivity contribution in [2.24, 2.45) is 11.8 Å². The van der Waals surface area contributed by atoms with Gasteiger partial charge in [-0.1, -0.05) is 18.9 Å². The normalized spacial score (nSPS) is 25.8. The Balaban J connectivity index is 2.20. The van der Waals surface area contributed by atoms with Gasteiger partial charge in [0.05, 0.1) is 10.8 Å². The molecular weight excluding hydrogens is 249 g/mol. The SMILES string of the molecule is O=C(c1cccs1)C1CCCCC1C(F)(F)F. The van der Waals surface area contributed by atoms with E-state index < -0.39 is 18.0 Å². The van der Waals surface area contributed by atoms with Crippen molar-refractivity contribution in [1.29, 1.82) is 0 Å². The predicted molar refractivity (Wildman–Crippen MR) is 60.2 cm³/mol. The van der Waals surface area contributed by atoms with Crippen LogP contribution in [0.25, 0.3) is 0 Å². The quantitative estimate of drug-likeness (QED) is 0.726. The van der Waals surface area contributed by atoms with Gasteiger partial charge in [0.25, 0.3) is 0 Å². The Labute approximate surface area is 102 Å². The summed E-state index contributed by atoms with van der Waals surface area (Å²) in [7, 11) is 0. The summed E-state index contributed by atoms with van der Waals surface area (Å²) in [5.41, 5.74) is 0. The summed E-state index contributed by atoms with van der Waals surface area (Å²) in [6, 6.07) is 3.30. The van der Waals surface area contributed by atoms with Crippen molar-refractivity contribution in [3.63, 3.8) is 0 Å². The van der Waals surface area contributed by atoms with Crippen molar-refractivity contribution in [2.45, 2.75) is 31.9 Å².